The van der Waals surface area contributed by atoms with Gasteiger partial charge in [-0.05, 0) is 24.8 Å². The van der Waals surface area contributed by atoms with Crippen molar-refractivity contribution in [2.75, 3.05) is 33.4 Å². The first kappa shape index (κ1) is 18.4. The van der Waals surface area contributed by atoms with Crippen molar-refractivity contribution in [2.24, 2.45) is 5.92 Å². The molecule has 132 valence electrons. The summed E-state index contributed by atoms with van der Waals surface area (Å²) in [6.45, 7) is 1.92. The number of carboxylic acids is 1. The van der Waals surface area contributed by atoms with E-state index in [-0.39, 0.29) is 5.91 Å². The molecule has 0 aliphatic carbocycles. The minimum absolute atomic E-state index is 0.257. The molecule has 1 amide bonds. The summed E-state index contributed by atoms with van der Waals surface area (Å²) in [6.07, 6.45) is 0.930. The summed E-state index contributed by atoms with van der Waals surface area (Å²) in [4.78, 5) is 25.9. The van der Waals surface area contributed by atoms with Crippen molar-refractivity contribution in [3.05, 3.63) is 35.9 Å². The molecule has 2 rings (SSSR count). The van der Waals surface area contributed by atoms with Gasteiger partial charge in [-0.25, -0.2) is 0 Å². The van der Waals surface area contributed by atoms with E-state index in [2.05, 4.69) is 0 Å². The number of rotatable bonds is 8. The van der Waals surface area contributed by atoms with E-state index in [1.807, 2.05) is 30.3 Å². The summed E-state index contributed by atoms with van der Waals surface area (Å²) in [5.74, 6) is -2.08. The van der Waals surface area contributed by atoms with Gasteiger partial charge in [0.1, 0.15) is 6.10 Å². The first-order valence-corrected chi connectivity index (χ1v) is 8.29. The zero-order chi connectivity index (χ0) is 17.4. The lowest BCUT2D eigenvalue weighted by molar-refractivity contribution is -0.160. The molecule has 2 atom stereocenters. The Balaban J connectivity index is 1.95. The number of amides is 1. The third kappa shape index (κ3) is 5.04. The van der Waals surface area contributed by atoms with E-state index in [1.165, 1.54) is 7.11 Å². The van der Waals surface area contributed by atoms with E-state index >= 15 is 0 Å². The van der Waals surface area contributed by atoms with Crippen LogP contribution < -0.4 is 0 Å². The maximum absolute atomic E-state index is 12.6. The fourth-order valence-electron chi connectivity index (χ4n) is 2.98. The largest absolute Gasteiger partial charge is 0.481 e. The third-order valence-corrected chi connectivity index (χ3v) is 4.33. The second-order valence-electron chi connectivity index (χ2n) is 5.92. The number of carbonyl (C=O) groups excluding carboxylic acids is 1. The van der Waals surface area contributed by atoms with Crippen molar-refractivity contribution < 1.29 is 24.2 Å². The molecule has 24 heavy (non-hydrogen) atoms. The fraction of sp³-hybridized carbons (Fsp3) is 0.556. The van der Waals surface area contributed by atoms with Crippen molar-refractivity contribution in [1.29, 1.82) is 0 Å². The van der Waals surface area contributed by atoms with Gasteiger partial charge in [0, 0.05) is 20.2 Å². The molecule has 1 aromatic carbocycles. The zero-order valence-electron chi connectivity index (χ0n) is 14.0. The first-order chi connectivity index (χ1) is 11.6. The number of hydrogen-bond acceptors (Lipinski definition) is 4. The SMILES string of the molecule is CO[C@@H](C(=O)N1CCOCC1)C(CCCc1ccccc1)C(=O)O. The Hall–Kier alpha value is -1.92. The highest BCUT2D eigenvalue weighted by molar-refractivity contribution is 5.86. The number of nitrogens with zero attached hydrogens (tertiary/aromatic N) is 1. The number of methoxy groups -OCH3 is 1. The Morgan fingerprint density at radius 3 is 2.50 bits per heavy atom. The highest BCUT2D eigenvalue weighted by Crippen LogP contribution is 2.19. The van der Waals surface area contributed by atoms with E-state index in [9.17, 15) is 14.7 Å². The second kappa shape index (κ2) is 9.39. The summed E-state index contributed by atoms with van der Waals surface area (Å²) in [6, 6.07) is 9.91. The van der Waals surface area contributed by atoms with Crippen molar-refractivity contribution in [3.8, 4) is 0 Å². The van der Waals surface area contributed by atoms with Gasteiger partial charge in [0.2, 0.25) is 0 Å². The smallest absolute Gasteiger partial charge is 0.309 e. The van der Waals surface area contributed by atoms with Crippen molar-refractivity contribution in [3.63, 3.8) is 0 Å². The summed E-state index contributed by atoms with van der Waals surface area (Å²) < 4.78 is 10.5. The molecule has 1 aliphatic rings. The van der Waals surface area contributed by atoms with Gasteiger partial charge in [0.25, 0.3) is 5.91 Å². The average Bonchev–Trinajstić information content (AvgIpc) is 2.62. The minimum atomic E-state index is -0.989. The molecular formula is C18H25NO5. The molecule has 0 radical (unpaired) electrons. The summed E-state index contributed by atoms with van der Waals surface area (Å²) in [5, 5.41) is 9.54. The Bertz CT molecular complexity index is 527. The Labute approximate surface area is 142 Å². The molecule has 1 fully saturated rings. The number of carbonyl (C=O) groups is 2. The van der Waals surface area contributed by atoms with Crippen LogP contribution in [-0.4, -0.2) is 61.4 Å². The number of ether oxygens (including phenoxy) is 2. The van der Waals surface area contributed by atoms with Crippen LogP contribution in [0.25, 0.3) is 0 Å². The standard InChI is InChI=1S/C18H25NO5/c1-23-16(17(20)19-10-12-24-13-11-19)15(18(21)22)9-5-8-14-6-3-2-4-7-14/h2-4,6-7,15-16H,5,8-13H2,1H3,(H,21,22)/t15?,16-/m1/s1. The normalized spacial score (nSPS) is 17.3. The van der Waals surface area contributed by atoms with Crippen LogP contribution in [0.2, 0.25) is 0 Å². The van der Waals surface area contributed by atoms with E-state index in [4.69, 9.17) is 9.47 Å². The lowest BCUT2D eigenvalue weighted by atomic mass is 9.93. The molecule has 0 aromatic heterocycles. The Morgan fingerprint density at radius 1 is 1.25 bits per heavy atom. The molecule has 1 unspecified atom stereocenters. The van der Waals surface area contributed by atoms with Crippen LogP contribution in [0.5, 0.6) is 0 Å². The van der Waals surface area contributed by atoms with Gasteiger partial charge in [0.05, 0.1) is 19.1 Å². The lowest BCUT2D eigenvalue weighted by Crippen LogP contribution is -2.49. The van der Waals surface area contributed by atoms with Crippen LogP contribution in [0.4, 0.5) is 0 Å². The van der Waals surface area contributed by atoms with Crippen LogP contribution in [0.3, 0.4) is 0 Å². The van der Waals surface area contributed by atoms with Crippen molar-refractivity contribution in [2.45, 2.75) is 25.4 Å². The topological polar surface area (TPSA) is 76.1 Å². The van der Waals surface area contributed by atoms with E-state index in [0.717, 1.165) is 12.0 Å². The number of morpholine rings is 1. The zero-order valence-corrected chi connectivity index (χ0v) is 14.0. The highest BCUT2D eigenvalue weighted by atomic mass is 16.5. The lowest BCUT2D eigenvalue weighted by Gasteiger charge is -2.31. The van der Waals surface area contributed by atoms with Crippen LogP contribution in [0.15, 0.2) is 30.3 Å². The summed E-state index contributed by atoms with van der Waals surface area (Å²) in [5.41, 5.74) is 1.16. The molecule has 1 saturated heterocycles. The number of aryl methyl sites for hydroxylation is 1. The molecule has 6 nitrogen and oxygen atoms in total. The van der Waals surface area contributed by atoms with Gasteiger partial charge in [-0.2, -0.15) is 0 Å². The monoisotopic (exact) mass is 335 g/mol. The molecule has 1 heterocycles. The highest BCUT2D eigenvalue weighted by Gasteiger charge is 2.36. The van der Waals surface area contributed by atoms with E-state index in [0.29, 0.717) is 39.1 Å². The quantitative estimate of drug-likeness (QED) is 0.781. The molecule has 1 aliphatic heterocycles. The van der Waals surface area contributed by atoms with Gasteiger partial charge in [-0.3, -0.25) is 9.59 Å². The number of benzene rings is 1. The van der Waals surface area contributed by atoms with Crippen LogP contribution in [0.1, 0.15) is 18.4 Å². The average molecular weight is 335 g/mol. The summed E-state index contributed by atoms with van der Waals surface area (Å²) >= 11 is 0. The van der Waals surface area contributed by atoms with Crippen LogP contribution >= 0.6 is 0 Å². The number of carboxylic acid groups (broad SMARTS) is 1. The van der Waals surface area contributed by atoms with E-state index in [1.54, 1.807) is 4.90 Å². The minimum Gasteiger partial charge on any atom is -0.481 e. The van der Waals surface area contributed by atoms with Crippen LogP contribution in [-0.2, 0) is 25.5 Å². The maximum Gasteiger partial charge on any atom is 0.309 e. The van der Waals surface area contributed by atoms with Crippen molar-refractivity contribution >= 4 is 11.9 Å². The van der Waals surface area contributed by atoms with Crippen molar-refractivity contribution in [1.82, 2.24) is 4.90 Å². The third-order valence-electron chi connectivity index (χ3n) is 4.33. The van der Waals surface area contributed by atoms with Gasteiger partial charge >= 0.3 is 5.97 Å². The number of aliphatic carboxylic acids is 1. The van der Waals surface area contributed by atoms with Gasteiger partial charge < -0.3 is 19.5 Å². The molecule has 0 spiro atoms. The number of hydrogen-bond donors (Lipinski definition) is 1. The summed E-state index contributed by atoms with van der Waals surface area (Å²) in [7, 11) is 1.40. The predicted molar refractivity (Wildman–Crippen MR) is 88.7 cm³/mol. The molecule has 0 saturated carbocycles. The first-order valence-electron chi connectivity index (χ1n) is 8.29. The van der Waals surface area contributed by atoms with Gasteiger partial charge in [0.15, 0.2) is 0 Å². The Kier molecular flexibility index (Phi) is 7.21. The van der Waals surface area contributed by atoms with Crippen LogP contribution in [0, 0.1) is 5.92 Å². The molecule has 6 heteroatoms. The predicted octanol–water partition coefficient (Wildman–Crippen LogP) is 1.58. The fourth-order valence-corrected chi connectivity index (χ4v) is 2.98. The molecule has 0 bridgehead atoms. The second-order valence-corrected chi connectivity index (χ2v) is 5.92. The maximum atomic E-state index is 12.6. The molecule has 1 aromatic rings. The van der Waals surface area contributed by atoms with Gasteiger partial charge in [-0.1, -0.05) is 30.3 Å². The van der Waals surface area contributed by atoms with E-state index < -0.39 is 18.0 Å². The van der Waals surface area contributed by atoms with Gasteiger partial charge in [-0.15, -0.1) is 0 Å². The molecule has 1 N–H and O–H groups in total. The molecular weight excluding hydrogens is 310 g/mol. The Morgan fingerprint density at radius 2 is 1.92 bits per heavy atom.